The van der Waals surface area contributed by atoms with Crippen molar-refractivity contribution in [3.63, 3.8) is 0 Å². The summed E-state index contributed by atoms with van der Waals surface area (Å²) in [6.07, 6.45) is 8.08. The normalized spacial score (nSPS) is 26.1. The minimum absolute atomic E-state index is 0.792. The van der Waals surface area contributed by atoms with Crippen LogP contribution in [0.3, 0.4) is 0 Å². The Hall–Kier alpha value is -1.02. The summed E-state index contributed by atoms with van der Waals surface area (Å²) in [6, 6.07) is 7.80. The first-order valence-electron chi connectivity index (χ1n) is 8.28. The van der Waals surface area contributed by atoms with Crippen molar-refractivity contribution in [1.29, 1.82) is 0 Å². The van der Waals surface area contributed by atoms with Crippen LogP contribution in [0.2, 0.25) is 0 Å². The Kier molecular flexibility index (Phi) is 4.30. The van der Waals surface area contributed by atoms with Crippen LogP contribution in [-0.2, 0) is 13.0 Å². The molecular formula is C18H28N2. The lowest BCUT2D eigenvalue weighted by molar-refractivity contribution is 0.164. The molecule has 0 radical (unpaired) electrons. The lowest BCUT2D eigenvalue weighted by Crippen LogP contribution is -2.34. The predicted octanol–water partition coefficient (Wildman–Crippen LogP) is 4.06. The average molecular weight is 272 g/mol. The van der Waals surface area contributed by atoms with E-state index in [1.807, 2.05) is 0 Å². The molecule has 20 heavy (non-hydrogen) atoms. The maximum absolute atomic E-state index is 3.50. The summed E-state index contributed by atoms with van der Waals surface area (Å²) < 4.78 is 0. The monoisotopic (exact) mass is 272 g/mol. The van der Waals surface area contributed by atoms with Gasteiger partial charge in [-0.1, -0.05) is 19.1 Å². The summed E-state index contributed by atoms with van der Waals surface area (Å²) in [5, 5.41) is 3.50. The van der Waals surface area contributed by atoms with Gasteiger partial charge in [-0.15, -0.1) is 0 Å². The van der Waals surface area contributed by atoms with Crippen molar-refractivity contribution in [3.05, 3.63) is 29.3 Å². The molecule has 1 aliphatic heterocycles. The molecule has 1 aliphatic carbocycles. The van der Waals surface area contributed by atoms with Crippen molar-refractivity contribution < 1.29 is 0 Å². The van der Waals surface area contributed by atoms with E-state index in [1.165, 1.54) is 55.3 Å². The van der Waals surface area contributed by atoms with E-state index in [0.717, 1.165) is 25.0 Å². The van der Waals surface area contributed by atoms with E-state index < -0.39 is 0 Å². The van der Waals surface area contributed by atoms with Gasteiger partial charge in [0, 0.05) is 24.8 Å². The maximum atomic E-state index is 3.50. The minimum Gasteiger partial charge on any atom is -0.385 e. The van der Waals surface area contributed by atoms with Crippen LogP contribution >= 0.6 is 0 Å². The highest BCUT2D eigenvalue weighted by atomic mass is 15.1. The zero-order chi connectivity index (χ0) is 13.9. The van der Waals surface area contributed by atoms with Gasteiger partial charge in [-0.2, -0.15) is 0 Å². The number of hydrogen-bond donors (Lipinski definition) is 1. The second-order valence-corrected chi connectivity index (χ2v) is 6.85. The summed E-state index contributed by atoms with van der Waals surface area (Å²) in [7, 11) is 2.30. The Morgan fingerprint density at radius 2 is 2.00 bits per heavy atom. The van der Waals surface area contributed by atoms with E-state index in [1.54, 1.807) is 0 Å². The first kappa shape index (κ1) is 13.9. The number of aryl methyl sites for hydroxylation is 1. The van der Waals surface area contributed by atoms with Gasteiger partial charge in [-0.05, 0) is 68.7 Å². The van der Waals surface area contributed by atoms with Gasteiger partial charge >= 0.3 is 0 Å². The number of anilines is 1. The van der Waals surface area contributed by atoms with E-state index in [-0.39, 0.29) is 0 Å². The Labute approximate surface area is 123 Å². The number of fused-ring (bicyclic) bond motifs is 1. The third-order valence-electron chi connectivity index (χ3n) is 5.15. The average Bonchev–Trinajstić information content (AvgIpc) is 2.48. The SMILES string of the molecule is CC1CCC(N(C)Cc2ccc3c(c2)CCCN3)CC1. The summed E-state index contributed by atoms with van der Waals surface area (Å²) in [6.45, 7) is 4.63. The van der Waals surface area contributed by atoms with Crippen LogP contribution in [0.15, 0.2) is 18.2 Å². The number of benzene rings is 1. The molecule has 2 heteroatoms. The zero-order valence-electron chi connectivity index (χ0n) is 13.0. The molecule has 0 aromatic heterocycles. The molecule has 2 aliphatic rings. The molecule has 0 atom stereocenters. The van der Waals surface area contributed by atoms with Crippen LogP contribution in [0.1, 0.15) is 50.2 Å². The van der Waals surface area contributed by atoms with Gasteiger partial charge in [-0.3, -0.25) is 4.90 Å². The summed E-state index contributed by atoms with van der Waals surface area (Å²) in [4.78, 5) is 2.57. The lowest BCUT2D eigenvalue weighted by Gasteiger charge is -2.33. The molecule has 1 N–H and O–H groups in total. The smallest absolute Gasteiger partial charge is 0.0372 e. The molecule has 1 aromatic carbocycles. The van der Waals surface area contributed by atoms with Gasteiger partial charge in [0.2, 0.25) is 0 Å². The van der Waals surface area contributed by atoms with Gasteiger partial charge in [0.05, 0.1) is 0 Å². The topological polar surface area (TPSA) is 15.3 Å². The molecule has 0 amide bonds. The minimum atomic E-state index is 0.792. The molecule has 0 bridgehead atoms. The van der Waals surface area contributed by atoms with Crippen molar-refractivity contribution in [1.82, 2.24) is 4.90 Å². The largest absolute Gasteiger partial charge is 0.385 e. The van der Waals surface area contributed by atoms with E-state index in [0.29, 0.717) is 0 Å². The molecule has 110 valence electrons. The molecule has 0 spiro atoms. The Bertz CT molecular complexity index is 447. The van der Waals surface area contributed by atoms with Crippen LogP contribution in [0.5, 0.6) is 0 Å². The summed E-state index contributed by atoms with van der Waals surface area (Å²) in [5.41, 5.74) is 4.35. The number of nitrogens with one attached hydrogen (secondary N) is 1. The van der Waals surface area contributed by atoms with Gasteiger partial charge in [-0.25, -0.2) is 0 Å². The van der Waals surface area contributed by atoms with Crippen LogP contribution in [0.25, 0.3) is 0 Å². The second kappa shape index (κ2) is 6.17. The van der Waals surface area contributed by atoms with Gasteiger partial charge < -0.3 is 5.32 Å². The van der Waals surface area contributed by atoms with E-state index in [4.69, 9.17) is 0 Å². The number of nitrogens with zero attached hydrogens (tertiary/aromatic N) is 1. The van der Waals surface area contributed by atoms with E-state index in [9.17, 15) is 0 Å². The quantitative estimate of drug-likeness (QED) is 0.893. The fraction of sp³-hybridized carbons (Fsp3) is 0.667. The Morgan fingerprint density at radius 3 is 2.80 bits per heavy atom. The van der Waals surface area contributed by atoms with Gasteiger partial charge in [0.1, 0.15) is 0 Å². The summed E-state index contributed by atoms with van der Waals surface area (Å²) in [5.74, 6) is 0.939. The highest BCUT2D eigenvalue weighted by Crippen LogP contribution is 2.28. The molecule has 2 nitrogen and oxygen atoms in total. The number of rotatable bonds is 3. The molecule has 1 heterocycles. The van der Waals surface area contributed by atoms with Crippen LogP contribution in [-0.4, -0.2) is 24.5 Å². The first-order valence-corrected chi connectivity index (χ1v) is 8.28. The van der Waals surface area contributed by atoms with Crippen molar-refractivity contribution in [2.24, 2.45) is 5.92 Å². The third-order valence-corrected chi connectivity index (χ3v) is 5.15. The van der Waals surface area contributed by atoms with Gasteiger partial charge in [0.15, 0.2) is 0 Å². The lowest BCUT2D eigenvalue weighted by atomic mass is 9.86. The Balaban J connectivity index is 1.62. The van der Waals surface area contributed by atoms with Crippen LogP contribution < -0.4 is 5.32 Å². The predicted molar refractivity (Wildman–Crippen MR) is 86.1 cm³/mol. The molecule has 1 saturated carbocycles. The van der Waals surface area contributed by atoms with Crippen molar-refractivity contribution in [3.8, 4) is 0 Å². The molecule has 1 fully saturated rings. The molecule has 0 unspecified atom stereocenters. The second-order valence-electron chi connectivity index (χ2n) is 6.85. The van der Waals surface area contributed by atoms with Crippen molar-refractivity contribution in [2.75, 3.05) is 18.9 Å². The highest BCUT2D eigenvalue weighted by Gasteiger charge is 2.21. The van der Waals surface area contributed by atoms with Crippen LogP contribution in [0, 0.1) is 5.92 Å². The fourth-order valence-corrected chi connectivity index (χ4v) is 3.73. The maximum Gasteiger partial charge on any atom is 0.0372 e. The zero-order valence-corrected chi connectivity index (χ0v) is 13.0. The third kappa shape index (κ3) is 3.17. The molecular weight excluding hydrogens is 244 g/mol. The highest BCUT2D eigenvalue weighted by molar-refractivity contribution is 5.54. The van der Waals surface area contributed by atoms with Crippen LogP contribution in [0.4, 0.5) is 5.69 Å². The van der Waals surface area contributed by atoms with Gasteiger partial charge in [0.25, 0.3) is 0 Å². The molecule has 0 saturated heterocycles. The molecule has 3 rings (SSSR count). The van der Waals surface area contributed by atoms with E-state index in [2.05, 4.69) is 42.4 Å². The van der Waals surface area contributed by atoms with Crippen molar-refractivity contribution >= 4 is 5.69 Å². The standard InChI is InChI=1S/C18H28N2/c1-14-5-8-17(9-6-14)20(2)13-15-7-10-18-16(12-15)4-3-11-19-18/h7,10,12,14,17,19H,3-6,8-9,11,13H2,1-2H3. The number of hydrogen-bond acceptors (Lipinski definition) is 2. The Morgan fingerprint density at radius 1 is 1.20 bits per heavy atom. The van der Waals surface area contributed by atoms with E-state index >= 15 is 0 Å². The summed E-state index contributed by atoms with van der Waals surface area (Å²) >= 11 is 0. The van der Waals surface area contributed by atoms with Crippen molar-refractivity contribution in [2.45, 2.75) is 58.0 Å². The fourth-order valence-electron chi connectivity index (χ4n) is 3.73. The first-order chi connectivity index (χ1) is 9.72. The molecule has 1 aromatic rings.